The minimum absolute atomic E-state index is 0.285. The summed E-state index contributed by atoms with van der Waals surface area (Å²) in [6.07, 6.45) is 13.7. The van der Waals surface area contributed by atoms with Crippen molar-refractivity contribution in [2.45, 2.75) is 38.2 Å². The molecule has 1 aliphatic carbocycles. The number of aromatic nitrogens is 6. The fourth-order valence-corrected chi connectivity index (χ4v) is 5.75. The van der Waals surface area contributed by atoms with Gasteiger partial charge in [-0.1, -0.05) is 6.42 Å². The van der Waals surface area contributed by atoms with Crippen molar-refractivity contribution in [1.82, 2.24) is 35.0 Å². The maximum atomic E-state index is 6.26. The molecule has 2 N–H and O–H groups in total. The van der Waals surface area contributed by atoms with Gasteiger partial charge < -0.3 is 19.5 Å². The fraction of sp³-hybridized carbons (Fsp3) is 0.379. The molecule has 2 aliphatic rings. The fourth-order valence-electron chi connectivity index (χ4n) is 5.75. The SMILES string of the molecule is CN1CCN(c2ccnc3[nH]c(-c4n[nH]c5ncc(-c6cncc(OC7CCCCC7)c6)cc45)cc23)CC1. The third kappa shape index (κ3) is 4.36. The highest BCUT2D eigenvalue weighted by atomic mass is 16.5. The topological polar surface area (TPSA) is 98.8 Å². The van der Waals surface area contributed by atoms with Gasteiger partial charge in [-0.15, -0.1) is 0 Å². The Morgan fingerprint density at radius 3 is 2.58 bits per heavy atom. The molecule has 1 saturated heterocycles. The largest absolute Gasteiger partial charge is 0.489 e. The Morgan fingerprint density at radius 1 is 0.868 bits per heavy atom. The zero-order chi connectivity index (χ0) is 25.5. The van der Waals surface area contributed by atoms with Crippen LogP contribution in [0.5, 0.6) is 5.75 Å². The van der Waals surface area contributed by atoms with Crippen LogP contribution in [0.15, 0.2) is 49.1 Å². The Bertz CT molecular complexity index is 1580. The maximum Gasteiger partial charge on any atom is 0.155 e. The van der Waals surface area contributed by atoms with E-state index in [1.165, 1.54) is 24.9 Å². The number of piperazine rings is 1. The third-order valence-electron chi connectivity index (χ3n) is 7.93. The van der Waals surface area contributed by atoms with Crippen LogP contribution in [-0.2, 0) is 0 Å². The van der Waals surface area contributed by atoms with Gasteiger partial charge in [0.2, 0.25) is 0 Å². The molecule has 1 aliphatic heterocycles. The van der Waals surface area contributed by atoms with Crippen molar-refractivity contribution in [2.24, 2.45) is 0 Å². The summed E-state index contributed by atoms with van der Waals surface area (Å²) >= 11 is 0. The van der Waals surface area contributed by atoms with Crippen molar-refractivity contribution >= 4 is 27.8 Å². The van der Waals surface area contributed by atoms with E-state index in [1.54, 1.807) is 0 Å². The van der Waals surface area contributed by atoms with E-state index < -0.39 is 0 Å². The summed E-state index contributed by atoms with van der Waals surface area (Å²) in [6.45, 7) is 4.13. The summed E-state index contributed by atoms with van der Waals surface area (Å²) in [5.41, 5.74) is 6.55. The van der Waals surface area contributed by atoms with Gasteiger partial charge in [-0.25, -0.2) is 9.97 Å². The van der Waals surface area contributed by atoms with Crippen molar-refractivity contribution in [3.8, 4) is 28.3 Å². The first-order chi connectivity index (χ1) is 18.7. The van der Waals surface area contributed by atoms with Gasteiger partial charge in [0.15, 0.2) is 5.65 Å². The van der Waals surface area contributed by atoms with Gasteiger partial charge in [-0.3, -0.25) is 10.1 Å². The van der Waals surface area contributed by atoms with Gasteiger partial charge in [0.1, 0.15) is 17.1 Å². The summed E-state index contributed by atoms with van der Waals surface area (Å²) in [6, 6.07) is 8.48. The number of likely N-dealkylation sites (N-methyl/N-ethyl adjacent to an activating group) is 1. The molecule has 0 unspecified atom stereocenters. The van der Waals surface area contributed by atoms with E-state index in [-0.39, 0.29) is 6.10 Å². The first kappa shape index (κ1) is 23.2. The van der Waals surface area contributed by atoms with Gasteiger partial charge in [0.25, 0.3) is 0 Å². The Labute approximate surface area is 221 Å². The molecule has 9 nitrogen and oxygen atoms in total. The van der Waals surface area contributed by atoms with Crippen molar-refractivity contribution in [3.63, 3.8) is 0 Å². The third-order valence-corrected chi connectivity index (χ3v) is 7.93. The molecular weight excluding hydrogens is 476 g/mol. The highest BCUT2D eigenvalue weighted by Crippen LogP contribution is 2.34. The molecule has 0 bridgehead atoms. The minimum Gasteiger partial charge on any atom is -0.489 e. The van der Waals surface area contributed by atoms with Crippen molar-refractivity contribution in [1.29, 1.82) is 0 Å². The van der Waals surface area contributed by atoms with Crippen molar-refractivity contribution in [3.05, 3.63) is 49.1 Å². The minimum atomic E-state index is 0.285. The molecule has 194 valence electrons. The first-order valence-electron chi connectivity index (χ1n) is 13.6. The molecule has 0 spiro atoms. The number of anilines is 1. The molecule has 5 aromatic heterocycles. The second-order valence-corrected chi connectivity index (χ2v) is 10.5. The second-order valence-electron chi connectivity index (χ2n) is 10.5. The molecule has 9 heteroatoms. The molecule has 7 rings (SSSR count). The molecule has 0 aromatic carbocycles. The normalized spacial score (nSPS) is 17.4. The van der Waals surface area contributed by atoms with Crippen molar-refractivity contribution < 1.29 is 4.74 Å². The van der Waals surface area contributed by atoms with Crippen LogP contribution in [0, 0.1) is 0 Å². The Hall–Kier alpha value is -3.98. The van der Waals surface area contributed by atoms with Gasteiger partial charge in [-0.2, -0.15) is 5.10 Å². The summed E-state index contributed by atoms with van der Waals surface area (Å²) in [7, 11) is 2.18. The number of rotatable bonds is 5. The van der Waals surface area contributed by atoms with Crippen LogP contribution in [0.4, 0.5) is 5.69 Å². The predicted octanol–water partition coefficient (Wildman–Crippen LogP) is 5.03. The summed E-state index contributed by atoms with van der Waals surface area (Å²) in [4.78, 5) is 22.1. The number of H-pyrrole nitrogens is 2. The number of ether oxygens (including phenoxy) is 1. The molecular formula is C29H32N8O. The number of hydrogen-bond acceptors (Lipinski definition) is 7. The lowest BCUT2D eigenvalue weighted by Crippen LogP contribution is -2.44. The van der Waals surface area contributed by atoms with E-state index in [4.69, 9.17) is 4.74 Å². The van der Waals surface area contributed by atoms with E-state index in [1.807, 2.05) is 24.8 Å². The lowest BCUT2D eigenvalue weighted by Gasteiger charge is -2.34. The Kier molecular flexibility index (Phi) is 5.92. The second kappa shape index (κ2) is 9.72. The molecule has 0 radical (unpaired) electrons. The summed E-state index contributed by atoms with van der Waals surface area (Å²) in [5, 5.41) is 9.80. The molecule has 5 aromatic rings. The van der Waals surface area contributed by atoms with Gasteiger partial charge in [0.05, 0.1) is 18.0 Å². The van der Waals surface area contributed by atoms with Crippen LogP contribution >= 0.6 is 0 Å². The van der Waals surface area contributed by atoms with Crippen LogP contribution in [-0.4, -0.2) is 74.4 Å². The monoisotopic (exact) mass is 508 g/mol. The number of fused-ring (bicyclic) bond motifs is 2. The molecule has 0 atom stereocenters. The van der Waals surface area contributed by atoms with E-state index >= 15 is 0 Å². The molecule has 2 fully saturated rings. The Balaban J connectivity index is 1.22. The molecule has 6 heterocycles. The Morgan fingerprint density at radius 2 is 1.71 bits per heavy atom. The number of nitrogens with one attached hydrogen (secondary N) is 2. The van der Waals surface area contributed by atoms with Gasteiger partial charge in [-0.05, 0) is 57.0 Å². The average molecular weight is 509 g/mol. The van der Waals surface area contributed by atoms with E-state index in [0.29, 0.717) is 0 Å². The smallest absolute Gasteiger partial charge is 0.155 e. The van der Waals surface area contributed by atoms with Gasteiger partial charge >= 0.3 is 0 Å². The maximum absolute atomic E-state index is 6.26. The molecule has 0 amide bonds. The van der Waals surface area contributed by atoms with Gasteiger partial charge in [0, 0.05) is 72.4 Å². The number of hydrogen-bond donors (Lipinski definition) is 2. The lowest BCUT2D eigenvalue weighted by atomic mass is 9.98. The standard InChI is InChI=1S/C29H32N8O/c1-36-9-11-37(12-10-36)26-7-8-31-28-23(26)15-25(33-28)27-24-14-20(17-32-29(24)35-34-27)19-13-22(18-30-16-19)38-21-5-3-2-4-6-21/h7-8,13-18,21H,2-6,9-12H2,1H3,(H,31,33)(H,32,34,35). The average Bonchev–Trinajstić information content (AvgIpc) is 3.58. The zero-order valence-corrected chi connectivity index (χ0v) is 21.7. The van der Waals surface area contributed by atoms with Crippen LogP contribution in [0.25, 0.3) is 44.6 Å². The summed E-state index contributed by atoms with van der Waals surface area (Å²) < 4.78 is 6.26. The van der Waals surface area contributed by atoms with Crippen LogP contribution in [0.1, 0.15) is 32.1 Å². The summed E-state index contributed by atoms with van der Waals surface area (Å²) in [5.74, 6) is 0.819. The van der Waals surface area contributed by atoms with E-state index in [9.17, 15) is 0 Å². The number of pyridine rings is 3. The highest BCUT2D eigenvalue weighted by molar-refractivity contribution is 5.98. The van der Waals surface area contributed by atoms with Crippen LogP contribution < -0.4 is 9.64 Å². The van der Waals surface area contributed by atoms with Crippen LogP contribution in [0.3, 0.4) is 0 Å². The van der Waals surface area contributed by atoms with Crippen LogP contribution in [0.2, 0.25) is 0 Å². The lowest BCUT2D eigenvalue weighted by molar-refractivity contribution is 0.154. The predicted molar refractivity (Wildman–Crippen MR) is 149 cm³/mol. The van der Waals surface area contributed by atoms with Crippen molar-refractivity contribution in [2.75, 3.05) is 38.1 Å². The number of aromatic amines is 2. The first-order valence-corrected chi connectivity index (χ1v) is 13.6. The van der Waals surface area contributed by atoms with E-state index in [2.05, 4.69) is 71.2 Å². The quantitative estimate of drug-likeness (QED) is 0.344. The highest BCUT2D eigenvalue weighted by Gasteiger charge is 2.20. The number of nitrogens with zero attached hydrogens (tertiary/aromatic N) is 6. The van der Waals surface area contributed by atoms with E-state index in [0.717, 1.165) is 89.4 Å². The molecule has 38 heavy (non-hydrogen) atoms. The molecule has 1 saturated carbocycles. The zero-order valence-electron chi connectivity index (χ0n) is 21.7.